The number of esters is 1. The zero-order valence-electron chi connectivity index (χ0n) is 12.4. The highest BCUT2D eigenvalue weighted by molar-refractivity contribution is 5.90. The summed E-state index contributed by atoms with van der Waals surface area (Å²) in [6.07, 6.45) is 2.43. The lowest BCUT2D eigenvalue weighted by Gasteiger charge is -2.14. The molecule has 0 spiro atoms. The molecule has 20 heavy (non-hydrogen) atoms. The largest absolute Gasteiger partial charge is 0.462 e. The number of carbonyl (C=O) groups excluding carboxylic acids is 1. The maximum atomic E-state index is 11.8. The maximum Gasteiger partial charge on any atom is 0.338 e. The first-order valence-electron chi connectivity index (χ1n) is 6.80. The quantitative estimate of drug-likeness (QED) is 0.489. The molecule has 0 fully saturated rings. The molecule has 0 atom stereocenters. The van der Waals surface area contributed by atoms with E-state index in [-0.39, 0.29) is 11.4 Å². The predicted octanol–water partition coefficient (Wildman–Crippen LogP) is 3.45. The Morgan fingerprint density at radius 1 is 1.40 bits per heavy atom. The van der Waals surface area contributed by atoms with Gasteiger partial charge in [0.25, 0.3) is 0 Å². The number of rotatable bonds is 6. The summed E-state index contributed by atoms with van der Waals surface area (Å²) >= 11 is 0. The highest BCUT2D eigenvalue weighted by Crippen LogP contribution is 2.21. The van der Waals surface area contributed by atoms with E-state index in [1.54, 1.807) is 18.2 Å². The van der Waals surface area contributed by atoms with Gasteiger partial charge < -0.3 is 10.5 Å². The minimum Gasteiger partial charge on any atom is -0.462 e. The van der Waals surface area contributed by atoms with E-state index in [9.17, 15) is 4.79 Å². The molecule has 0 saturated heterocycles. The standard InChI is InChI=1S/C16H22N2O2/c1-12-6-7-13(10-14(12)18)15(19)20-9-5-4-8-16(2,3)11-17/h6-7,10H,4-5,8-9,18H2,1-3H3. The van der Waals surface area contributed by atoms with Crippen LogP contribution < -0.4 is 5.73 Å². The molecule has 0 aliphatic rings. The van der Waals surface area contributed by atoms with Gasteiger partial charge in [0, 0.05) is 5.69 Å². The molecule has 0 heterocycles. The number of carbonyl (C=O) groups is 1. The maximum absolute atomic E-state index is 11.8. The third-order valence-electron chi connectivity index (χ3n) is 3.25. The summed E-state index contributed by atoms with van der Waals surface area (Å²) < 4.78 is 5.19. The summed E-state index contributed by atoms with van der Waals surface area (Å²) in [4.78, 5) is 11.8. The Bertz CT molecular complexity index is 516. The Balaban J connectivity index is 2.34. The summed E-state index contributed by atoms with van der Waals surface area (Å²) in [6.45, 7) is 6.08. The molecule has 0 aliphatic heterocycles. The van der Waals surface area contributed by atoms with Gasteiger partial charge in [0.15, 0.2) is 0 Å². The molecule has 1 rings (SSSR count). The number of hydrogen-bond donors (Lipinski definition) is 1. The highest BCUT2D eigenvalue weighted by Gasteiger charge is 2.15. The number of nitrogens with two attached hydrogens (primary N) is 1. The van der Waals surface area contributed by atoms with E-state index in [1.165, 1.54) is 0 Å². The van der Waals surface area contributed by atoms with E-state index in [4.69, 9.17) is 15.7 Å². The zero-order chi connectivity index (χ0) is 15.2. The smallest absolute Gasteiger partial charge is 0.338 e. The van der Waals surface area contributed by atoms with Gasteiger partial charge >= 0.3 is 5.97 Å². The molecule has 0 bridgehead atoms. The van der Waals surface area contributed by atoms with Gasteiger partial charge in [-0.15, -0.1) is 0 Å². The van der Waals surface area contributed by atoms with Gasteiger partial charge in [0.05, 0.1) is 23.7 Å². The van der Waals surface area contributed by atoms with Crippen LogP contribution in [0.1, 0.15) is 49.0 Å². The number of nitrogens with zero attached hydrogens (tertiary/aromatic N) is 1. The van der Waals surface area contributed by atoms with Crippen molar-refractivity contribution in [1.29, 1.82) is 5.26 Å². The Morgan fingerprint density at radius 3 is 2.70 bits per heavy atom. The normalized spacial score (nSPS) is 10.9. The number of nitriles is 1. The van der Waals surface area contributed by atoms with Crippen molar-refractivity contribution >= 4 is 11.7 Å². The summed E-state index contributed by atoms with van der Waals surface area (Å²) in [6, 6.07) is 7.41. The number of nitrogen functional groups attached to an aromatic ring is 1. The molecule has 108 valence electrons. The molecule has 4 nitrogen and oxygen atoms in total. The van der Waals surface area contributed by atoms with Gasteiger partial charge in [0.2, 0.25) is 0 Å². The van der Waals surface area contributed by atoms with E-state index in [1.807, 2.05) is 20.8 Å². The van der Waals surface area contributed by atoms with Crippen LogP contribution in [0.4, 0.5) is 5.69 Å². The second-order valence-corrected chi connectivity index (χ2v) is 5.66. The fourth-order valence-corrected chi connectivity index (χ4v) is 1.74. The molecule has 0 aromatic heterocycles. The summed E-state index contributed by atoms with van der Waals surface area (Å²) in [5.41, 5.74) is 7.46. The fourth-order valence-electron chi connectivity index (χ4n) is 1.74. The van der Waals surface area contributed by atoms with Crippen LogP contribution in [0, 0.1) is 23.7 Å². The predicted molar refractivity (Wildman–Crippen MR) is 79.1 cm³/mol. The van der Waals surface area contributed by atoms with E-state index < -0.39 is 0 Å². The van der Waals surface area contributed by atoms with Crippen molar-refractivity contribution in [3.63, 3.8) is 0 Å². The summed E-state index contributed by atoms with van der Waals surface area (Å²) in [5, 5.41) is 8.89. The molecule has 0 saturated carbocycles. The van der Waals surface area contributed by atoms with Crippen LogP contribution in [-0.4, -0.2) is 12.6 Å². The van der Waals surface area contributed by atoms with Crippen LogP contribution >= 0.6 is 0 Å². The third-order valence-corrected chi connectivity index (χ3v) is 3.25. The van der Waals surface area contributed by atoms with Gasteiger partial charge in [-0.2, -0.15) is 5.26 Å². The molecule has 1 aromatic rings. The van der Waals surface area contributed by atoms with Crippen molar-refractivity contribution in [2.75, 3.05) is 12.3 Å². The van der Waals surface area contributed by atoms with Gasteiger partial charge in [-0.25, -0.2) is 4.79 Å². The minimum absolute atomic E-state index is 0.310. The van der Waals surface area contributed by atoms with Crippen molar-refractivity contribution in [3.8, 4) is 6.07 Å². The molecule has 0 aliphatic carbocycles. The van der Waals surface area contributed by atoms with Gasteiger partial charge in [0.1, 0.15) is 0 Å². The third kappa shape index (κ3) is 4.93. The second-order valence-electron chi connectivity index (χ2n) is 5.66. The molecule has 0 unspecified atom stereocenters. The van der Waals surface area contributed by atoms with Crippen LogP contribution in [-0.2, 0) is 4.74 Å². The Labute approximate surface area is 120 Å². The van der Waals surface area contributed by atoms with Crippen molar-refractivity contribution in [1.82, 2.24) is 0 Å². The van der Waals surface area contributed by atoms with Crippen LogP contribution in [0.2, 0.25) is 0 Å². The van der Waals surface area contributed by atoms with E-state index in [0.29, 0.717) is 17.9 Å². The van der Waals surface area contributed by atoms with Gasteiger partial charge in [-0.05, 0) is 57.7 Å². The molecular formula is C16H22N2O2. The molecule has 2 N–H and O–H groups in total. The topological polar surface area (TPSA) is 76.1 Å². The Morgan fingerprint density at radius 2 is 2.10 bits per heavy atom. The molecule has 4 heteroatoms. The lowest BCUT2D eigenvalue weighted by molar-refractivity contribution is 0.0496. The number of benzene rings is 1. The van der Waals surface area contributed by atoms with Crippen molar-refractivity contribution in [2.24, 2.45) is 5.41 Å². The monoisotopic (exact) mass is 274 g/mol. The van der Waals surface area contributed by atoms with Crippen molar-refractivity contribution in [2.45, 2.75) is 40.0 Å². The number of anilines is 1. The number of aryl methyl sites for hydroxylation is 1. The van der Waals surface area contributed by atoms with Gasteiger partial charge in [-0.1, -0.05) is 6.07 Å². The van der Waals surface area contributed by atoms with Crippen LogP contribution in [0.15, 0.2) is 18.2 Å². The second kappa shape index (κ2) is 6.95. The lowest BCUT2D eigenvalue weighted by Crippen LogP contribution is -2.10. The SMILES string of the molecule is Cc1ccc(C(=O)OCCCCC(C)(C)C#N)cc1N. The first kappa shape index (κ1) is 16.0. The first-order chi connectivity index (χ1) is 9.35. The summed E-state index contributed by atoms with van der Waals surface area (Å²) in [5.74, 6) is -0.351. The van der Waals surface area contributed by atoms with Crippen LogP contribution in [0.25, 0.3) is 0 Å². The van der Waals surface area contributed by atoms with Crippen molar-refractivity contribution in [3.05, 3.63) is 29.3 Å². The number of ether oxygens (including phenoxy) is 1. The highest BCUT2D eigenvalue weighted by atomic mass is 16.5. The van der Waals surface area contributed by atoms with E-state index in [0.717, 1.165) is 24.8 Å². The number of hydrogen-bond acceptors (Lipinski definition) is 4. The van der Waals surface area contributed by atoms with Crippen molar-refractivity contribution < 1.29 is 9.53 Å². The Kier molecular flexibility index (Phi) is 5.57. The van der Waals surface area contributed by atoms with Crippen LogP contribution in [0.3, 0.4) is 0 Å². The van der Waals surface area contributed by atoms with Crippen LogP contribution in [0.5, 0.6) is 0 Å². The molecule has 0 radical (unpaired) electrons. The summed E-state index contributed by atoms with van der Waals surface area (Å²) in [7, 11) is 0. The number of unbranched alkanes of at least 4 members (excludes halogenated alkanes) is 1. The molecule has 0 amide bonds. The average molecular weight is 274 g/mol. The minimum atomic E-state index is -0.351. The molecular weight excluding hydrogens is 252 g/mol. The fraction of sp³-hybridized carbons (Fsp3) is 0.500. The lowest BCUT2D eigenvalue weighted by atomic mass is 9.89. The van der Waals surface area contributed by atoms with E-state index >= 15 is 0 Å². The van der Waals surface area contributed by atoms with E-state index in [2.05, 4.69) is 6.07 Å². The molecule has 1 aromatic carbocycles. The Hall–Kier alpha value is -2.02. The van der Waals surface area contributed by atoms with Gasteiger partial charge in [-0.3, -0.25) is 0 Å². The first-order valence-corrected chi connectivity index (χ1v) is 6.80. The average Bonchev–Trinajstić information content (AvgIpc) is 2.41. The zero-order valence-corrected chi connectivity index (χ0v) is 12.4.